The number of amides is 1. The molecule has 1 unspecified atom stereocenters. The first kappa shape index (κ1) is 14.0. The molecule has 0 aliphatic carbocycles. The summed E-state index contributed by atoms with van der Waals surface area (Å²) in [4.78, 5) is 18.1. The van der Waals surface area contributed by atoms with Crippen molar-refractivity contribution in [2.75, 3.05) is 19.7 Å². The van der Waals surface area contributed by atoms with E-state index in [1.165, 1.54) is 0 Å². The second-order valence-corrected chi connectivity index (χ2v) is 4.83. The molecule has 2 rings (SSSR count). The number of hydrogen-bond donors (Lipinski definition) is 0. The quantitative estimate of drug-likeness (QED) is 0.805. The van der Waals surface area contributed by atoms with Crippen molar-refractivity contribution in [1.82, 2.24) is 15.0 Å². The van der Waals surface area contributed by atoms with Gasteiger partial charge in [-0.25, -0.2) is 0 Å². The smallest absolute Gasteiger partial charge is 0.226 e. The van der Waals surface area contributed by atoms with Gasteiger partial charge >= 0.3 is 0 Å². The number of nitrogens with zero attached hydrogens (tertiary/aromatic N) is 3. The Labute approximate surface area is 113 Å². The van der Waals surface area contributed by atoms with E-state index in [4.69, 9.17) is 9.26 Å². The Morgan fingerprint density at radius 2 is 2.37 bits per heavy atom. The van der Waals surface area contributed by atoms with Crippen molar-refractivity contribution in [3.8, 4) is 0 Å². The van der Waals surface area contributed by atoms with Crippen molar-refractivity contribution in [2.45, 2.75) is 45.6 Å². The van der Waals surface area contributed by atoms with E-state index in [-0.39, 0.29) is 12.0 Å². The normalized spacial score (nSPS) is 19.7. The van der Waals surface area contributed by atoms with Crippen LogP contribution >= 0.6 is 0 Å². The van der Waals surface area contributed by atoms with Gasteiger partial charge in [0.25, 0.3) is 0 Å². The van der Waals surface area contributed by atoms with Gasteiger partial charge in [-0.3, -0.25) is 4.79 Å². The predicted octanol–water partition coefficient (Wildman–Crippen LogP) is 1.34. The Morgan fingerprint density at radius 3 is 3.05 bits per heavy atom. The Balaban J connectivity index is 1.72. The molecule has 6 nitrogen and oxygen atoms in total. The van der Waals surface area contributed by atoms with Gasteiger partial charge < -0.3 is 14.2 Å². The summed E-state index contributed by atoms with van der Waals surface area (Å²) >= 11 is 0. The first-order valence-electron chi connectivity index (χ1n) is 6.87. The molecule has 0 N–H and O–H groups in total. The van der Waals surface area contributed by atoms with E-state index in [2.05, 4.69) is 17.1 Å². The lowest BCUT2D eigenvalue weighted by atomic mass is 10.2. The van der Waals surface area contributed by atoms with Crippen LogP contribution < -0.4 is 0 Å². The van der Waals surface area contributed by atoms with Gasteiger partial charge in [-0.2, -0.15) is 4.98 Å². The summed E-state index contributed by atoms with van der Waals surface area (Å²) < 4.78 is 10.6. The monoisotopic (exact) mass is 267 g/mol. The molecule has 106 valence electrons. The number of hydrogen-bond acceptors (Lipinski definition) is 5. The first-order valence-corrected chi connectivity index (χ1v) is 6.87. The average Bonchev–Trinajstić information content (AvgIpc) is 2.84. The van der Waals surface area contributed by atoms with Gasteiger partial charge in [-0.15, -0.1) is 0 Å². The molecule has 1 amide bonds. The molecule has 2 heterocycles. The second kappa shape index (κ2) is 6.65. The molecule has 1 aliphatic heterocycles. The van der Waals surface area contributed by atoms with E-state index >= 15 is 0 Å². The van der Waals surface area contributed by atoms with Crippen LogP contribution in [0.4, 0.5) is 0 Å². The van der Waals surface area contributed by atoms with Crippen LogP contribution in [-0.4, -0.2) is 46.7 Å². The molecule has 1 atom stereocenters. The predicted molar refractivity (Wildman–Crippen MR) is 68.6 cm³/mol. The molecule has 1 aromatic heterocycles. The summed E-state index contributed by atoms with van der Waals surface area (Å²) in [6.45, 7) is 5.93. The fourth-order valence-corrected chi connectivity index (χ4v) is 2.18. The summed E-state index contributed by atoms with van der Waals surface area (Å²) in [5.74, 6) is 1.44. The molecule has 1 fully saturated rings. The molecule has 1 aromatic rings. The van der Waals surface area contributed by atoms with Crippen molar-refractivity contribution < 1.29 is 14.1 Å². The third-order valence-electron chi connectivity index (χ3n) is 3.30. The molecular formula is C13H21N3O3. The SMILES string of the molecule is CCC1CN(C(=O)CCCc2nc(C)no2)CCO1. The minimum absolute atomic E-state index is 0.191. The highest BCUT2D eigenvalue weighted by Gasteiger charge is 2.22. The van der Waals surface area contributed by atoms with Crippen molar-refractivity contribution in [1.29, 1.82) is 0 Å². The van der Waals surface area contributed by atoms with Gasteiger partial charge in [0, 0.05) is 25.9 Å². The van der Waals surface area contributed by atoms with E-state index in [0.717, 1.165) is 19.4 Å². The summed E-state index contributed by atoms with van der Waals surface area (Å²) in [6, 6.07) is 0. The van der Waals surface area contributed by atoms with Crippen LogP contribution in [0.3, 0.4) is 0 Å². The van der Waals surface area contributed by atoms with Gasteiger partial charge in [-0.1, -0.05) is 12.1 Å². The van der Waals surface area contributed by atoms with Gasteiger partial charge in [-0.05, 0) is 19.8 Å². The van der Waals surface area contributed by atoms with Crippen molar-refractivity contribution in [2.24, 2.45) is 0 Å². The van der Waals surface area contributed by atoms with E-state index in [9.17, 15) is 4.79 Å². The summed E-state index contributed by atoms with van der Waals surface area (Å²) in [5.41, 5.74) is 0. The van der Waals surface area contributed by atoms with E-state index < -0.39 is 0 Å². The molecule has 0 spiro atoms. The van der Waals surface area contributed by atoms with Gasteiger partial charge in [0.1, 0.15) is 0 Å². The molecule has 0 aromatic carbocycles. The summed E-state index contributed by atoms with van der Waals surface area (Å²) in [6.07, 6.45) is 3.07. The third kappa shape index (κ3) is 4.02. The van der Waals surface area contributed by atoms with Crippen LogP contribution in [0.1, 0.15) is 37.9 Å². The number of carbonyl (C=O) groups is 1. The van der Waals surface area contributed by atoms with Crippen molar-refractivity contribution in [3.05, 3.63) is 11.7 Å². The summed E-state index contributed by atoms with van der Waals surface area (Å²) in [5, 5.41) is 3.73. The standard InChI is InChI=1S/C13H21N3O3/c1-3-11-9-16(7-8-18-11)13(17)6-4-5-12-14-10(2)15-19-12/h11H,3-9H2,1-2H3. The molecule has 0 radical (unpaired) electrons. The highest BCUT2D eigenvalue weighted by molar-refractivity contribution is 5.76. The first-order chi connectivity index (χ1) is 9.19. The zero-order valence-electron chi connectivity index (χ0n) is 11.6. The van der Waals surface area contributed by atoms with E-state index in [0.29, 0.717) is 37.7 Å². The van der Waals surface area contributed by atoms with Crippen LogP contribution in [0.15, 0.2) is 4.52 Å². The molecular weight excluding hydrogens is 246 g/mol. The van der Waals surface area contributed by atoms with Crippen molar-refractivity contribution >= 4 is 5.91 Å². The molecule has 19 heavy (non-hydrogen) atoms. The lowest BCUT2D eigenvalue weighted by molar-refractivity contribution is -0.138. The lowest BCUT2D eigenvalue weighted by Crippen LogP contribution is -2.45. The van der Waals surface area contributed by atoms with Crippen LogP contribution in [0.25, 0.3) is 0 Å². The van der Waals surface area contributed by atoms with E-state index in [1.54, 1.807) is 6.92 Å². The van der Waals surface area contributed by atoms with Crippen molar-refractivity contribution in [3.63, 3.8) is 0 Å². The van der Waals surface area contributed by atoms with Gasteiger partial charge in [0.15, 0.2) is 5.82 Å². The zero-order valence-corrected chi connectivity index (χ0v) is 11.6. The van der Waals surface area contributed by atoms with Crippen LogP contribution in [-0.2, 0) is 16.0 Å². The maximum atomic E-state index is 12.1. The second-order valence-electron chi connectivity index (χ2n) is 4.83. The Bertz CT molecular complexity index is 419. The fraction of sp³-hybridized carbons (Fsp3) is 0.769. The minimum Gasteiger partial charge on any atom is -0.375 e. The summed E-state index contributed by atoms with van der Waals surface area (Å²) in [7, 11) is 0. The lowest BCUT2D eigenvalue weighted by Gasteiger charge is -2.32. The topological polar surface area (TPSA) is 68.5 Å². The Hall–Kier alpha value is -1.43. The van der Waals surface area contributed by atoms with Gasteiger partial charge in [0.05, 0.1) is 12.7 Å². The Kier molecular flexibility index (Phi) is 4.90. The largest absolute Gasteiger partial charge is 0.375 e. The number of aryl methyl sites for hydroxylation is 2. The fourth-order valence-electron chi connectivity index (χ4n) is 2.18. The maximum Gasteiger partial charge on any atom is 0.226 e. The molecule has 0 saturated carbocycles. The van der Waals surface area contributed by atoms with Crippen LogP contribution in [0.2, 0.25) is 0 Å². The number of ether oxygens (including phenoxy) is 1. The highest BCUT2D eigenvalue weighted by Crippen LogP contribution is 2.11. The highest BCUT2D eigenvalue weighted by atomic mass is 16.5. The number of rotatable bonds is 5. The van der Waals surface area contributed by atoms with Gasteiger partial charge in [0.2, 0.25) is 11.8 Å². The molecule has 1 aliphatic rings. The molecule has 1 saturated heterocycles. The van der Waals surface area contributed by atoms with Crippen LogP contribution in [0.5, 0.6) is 0 Å². The Morgan fingerprint density at radius 1 is 1.53 bits per heavy atom. The third-order valence-corrected chi connectivity index (χ3v) is 3.30. The molecule has 0 bridgehead atoms. The number of aromatic nitrogens is 2. The molecule has 6 heteroatoms. The average molecular weight is 267 g/mol. The number of morpholine rings is 1. The van der Waals surface area contributed by atoms with Crippen LogP contribution in [0, 0.1) is 6.92 Å². The van der Waals surface area contributed by atoms with E-state index in [1.807, 2.05) is 4.90 Å². The maximum absolute atomic E-state index is 12.1. The number of carbonyl (C=O) groups excluding carboxylic acids is 1. The minimum atomic E-state index is 0.191. The zero-order chi connectivity index (χ0) is 13.7.